The van der Waals surface area contributed by atoms with Crippen molar-refractivity contribution >= 4 is 5.91 Å². The Bertz CT molecular complexity index is 663. The van der Waals surface area contributed by atoms with E-state index in [-0.39, 0.29) is 17.7 Å². The lowest BCUT2D eigenvalue weighted by atomic mass is 9.97. The molecule has 3 heterocycles. The number of aryl methyl sites for hydroxylation is 2. The summed E-state index contributed by atoms with van der Waals surface area (Å²) in [6.45, 7) is 5.28. The monoisotopic (exact) mass is 305 g/mol. The maximum atomic E-state index is 12.6. The molecule has 0 bridgehead atoms. The lowest BCUT2D eigenvalue weighted by molar-refractivity contribution is 0.0743. The highest BCUT2D eigenvalue weighted by Gasteiger charge is 2.40. The molecule has 0 aromatic carbocycles. The molecule has 0 aliphatic carbocycles. The molecule has 2 atom stereocenters. The molecule has 7 nitrogen and oxygen atoms in total. The average Bonchev–Trinajstić information content (AvgIpc) is 3.18. The number of ether oxygens (including phenoxy) is 1. The van der Waals surface area contributed by atoms with E-state index in [1.165, 1.54) is 6.26 Å². The third kappa shape index (κ3) is 2.64. The van der Waals surface area contributed by atoms with Crippen molar-refractivity contribution < 1.29 is 18.5 Å². The van der Waals surface area contributed by atoms with Gasteiger partial charge < -0.3 is 18.6 Å². The van der Waals surface area contributed by atoms with E-state index in [1.54, 1.807) is 25.0 Å². The molecule has 0 saturated carbocycles. The van der Waals surface area contributed by atoms with Crippen molar-refractivity contribution in [3.63, 3.8) is 0 Å². The lowest BCUT2D eigenvalue weighted by Gasteiger charge is -2.15. The van der Waals surface area contributed by atoms with Gasteiger partial charge in [-0.15, -0.1) is 0 Å². The first kappa shape index (κ1) is 14.8. The van der Waals surface area contributed by atoms with Gasteiger partial charge in [-0.1, -0.05) is 5.16 Å². The van der Waals surface area contributed by atoms with Crippen LogP contribution >= 0.6 is 0 Å². The van der Waals surface area contributed by atoms with Gasteiger partial charge in [-0.05, 0) is 19.9 Å². The van der Waals surface area contributed by atoms with Crippen molar-refractivity contribution in [2.45, 2.75) is 19.8 Å². The predicted molar refractivity (Wildman–Crippen MR) is 76.5 cm³/mol. The van der Waals surface area contributed by atoms with E-state index < -0.39 is 0 Å². The second kappa shape index (κ2) is 5.92. The molecule has 3 rings (SSSR count). The second-order valence-corrected chi connectivity index (χ2v) is 5.64. The van der Waals surface area contributed by atoms with Crippen LogP contribution in [-0.2, 0) is 4.74 Å². The van der Waals surface area contributed by atoms with E-state index in [0.29, 0.717) is 37.2 Å². The average molecular weight is 305 g/mol. The fourth-order valence-electron chi connectivity index (χ4n) is 2.90. The normalized spacial score (nSPS) is 21.5. The Labute approximate surface area is 128 Å². The minimum atomic E-state index is -0.109. The molecule has 0 radical (unpaired) electrons. The summed E-state index contributed by atoms with van der Waals surface area (Å²) in [4.78, 5) is 18.7. The van der Waals surface area contributed by atoms with Gasteiger partial charge in [0.05, 0.1) is 18.8 Å². The number of carbonyl (C=O) groups excluding carboxylic acids is 1. The summed E-state index contributed by atoms with van der Waals surface area (Å²) in [5, 5.41) is 3.84. The first-order valence-electron chi connectivity index (χ1n) is 7.22. The van der Waals surface area contributed by atoms with Gasteiger partial charge in [0, 0.05) is 31.7 Å². The number of furan rings is 1. The van der Waals surface area contributed by atoms with Gasteiger partial charge in [-0.2, -0.15) is 4.98 Å². The van der Waals surface area contributed by atoms with Gasteiger partial charge >= 0.3 is 0 Å². The highest BCUT2D eigenvalue weighted by molar-refractivity contribution is 5.93. The summed E-state index contributed by atoms with van der Waals surface area (Å²) < 4.78 is 15.9. The molecule has 118 valence electrons. The number of hydrogen-bond donors (Lipinski definition) is 0. The molecular formula is C15H19N3O4. The minimum Gasteiger partial charge on any atom is -0.459 e. The maximum absolute atomic E-state index is 12.6. The van der Waals surface area contributed by atoms with Crippen LogP contribution in [0.15, 0.2) is 21.3 Å². The SMILES string of the molecule is COC[C@@H]1CN(C(=O)c2occc2C)C[C@H]1c1nc(C)no1. The van der Waals surface area contributed by atoms with Gasteiger partial charge in [0.25, 0.3) is 5.91 Å². The first-order chi connectivity index (χ1) is 10.6. The number of rotatable bonds is 4. The third-order valence-corrected chi connectivity index (χ3v) is 4.03. The Morgan fingerprint density at radius 1 is 1.45 bits per heavy atom. The fraction of sp³-hybridized carbons (Fsp3) is 0.533. The van der Waals surface area contributed by atoms with E-state index in [2.05, 4.69) is 10.1 Å². The Morgan fingerprint density at radius 3 is 2.86 bits per heavy atom. The van der Waals surface area contributed by atoms with Crippen LogP contribution in [0.25, 0.3) is 0 Å². The number of carbonyl (C=O) groups is 1. The highest BCUT2D eigenvalue weighted by Crippen LogP contribution is 2.33. The van der Waals surface area contributed by atoms with Crippen molar-refractivity contribution in [3.05, 3.63) is 35.4 Å². The van der Waals surface area contributed by atoms with Crippen LogP contribution in [0.4, 0.5) is 0 Å². The molecule has 0 unspecified atom stereocenters. The van der Waals surface area contributed by atoms with Gasteiger partial charge in [0.1, 0.15) is 0 Å². The smallest absolute Gasteiger partial charge is 0.289 e. The zero-order valence-electron chi connectivity index (χ0n) is 12.9. The molecule has 22 heavy (non-hydrogen) atoms. The third-order valence-electron chi connectivity index (χ3n) is 4.03. The summed E-state index contributed by atoms with van der Waals surface area (Å²) in [6.07, 6.45) is 1.53. The Kier molecular flexibility index (Phi) is 3.98. The summed E-state index contributed by atoms with van der Waals surface area (Å²) in [6, 6.07) is 1.79. The van der Waals surface area contributed by atoms with E-state index in [4.69, 9.17) is 13.7 Å². The van der Waals surface area contributed by atoms with Gasteiger partial charge in [-0.25, -0.2) is 0 Å². The quantitative estimate of drug-likeness (QED) is 0.856. The van der Waals surface area contributed by atoms with E-state index in [1.807, 2.05) is 6.92 Å². The maximum Gasteiger partial charge on any atom is 0.289 e. The molecule has 0 spiro atoms. The first-order valence-corrected chi connectivity index (χ1v) is 7.22. The van der Waals surface area contributed by atoms with Crippen LogP contribution < -0.4 is 0 Å². The van der Waals surface area contributed by atoms with Crippen LogP contribution in [-0.4, -0.2) is 47.8 Å². The van der Waals surface area contributed by atoms with Crippen LogP contribution in [0.3, 0.4) is 0 Å². The number of amides is 1. The Hall–Kier alpha value is -2.15. The Balaban J connectivity index is 1.81. The number of methoxy groups -OCH3 is 1. The molecule has 2 aromatic heterocycles. The van der Waals surface area contributed by atoms with Crippen LogP contribution in [0.2, 0.25) is 0 Å². The molecule has 7 heteroatoms. The van der Waals surface area contributed by atoms with Crippen molar-refractivity contribution in [2.75, 3.05) is 26.8 Å². The van der Waals surface area contributed by atoms with Crippen LogP contribution in [0, 0.1) is 19.8 Å². The van der Waals surface area contributed by atoms with E-state index in [0.717, 1.165) is 5.56 Å². The molecule has 1 amide bonds. The second-order valence-electron chi connectivity index (χ2n) is 5.64. The number of likely N-dealkylation sites (tertiary alicyclic amines) is 1. The van der Waals surface area contributed by atoms with Crippen molar-refractivity contribution in [1.29, 1.82) is 0 Å². The summed E-state index contributed by atoms with van der Waals surface area (Å²) >= 11 is 0. The van der Waals surface area contributed by atoms with E-state index in [9.17, 15) is 4.79 Å². The summed E-state index contributed by atoms with van der Waals surface area (Å²) in [7, 11) is 1.65. The van der Waals surface area contributed by atoms with Gasteiger partial charge in [0.2, 0.25) is 5.89 Å². The summed E-state index contributed by atoms with van der Waals surface area (Å²) in [5.74, 6) is 1.55. The number of nitrogens with zero attached hydrogens (tertiary/aromatic N) is 3. The standard InChI is InChI=1S/C15H19N3O4/c1-9-4-5-21-13(9)15(19)18-6-11(8-20-3)12(7-18)14-16-10(2)17-22-14/h4-5,11-12H,6-8H2,1-3H3/t11-,12+/m0/s1. The highest BCUT2D eigenvalue weighted by atomic mass is 16.5. The fourth-order valence-corrected chi connectivity index (χ4v) is 2.90. The van der Waals surface area contributed by atoms with Gasteiger partial charge in [0.15, 0.2) is 11.6 Å². The minimum absolute atomic E-state index is 0.0135. The molecule has 1 saturated heterocycles. The number of hydrogen-bond acceptors (Lipinski definition) is 6. The zero-order chi connectivity index (χ0) is 15.7. The van der Waals surface area contributed by atoms with Crippen LogP contribution in [0.5, 0.6) is 0 Å². The molecular weight excluding hydrogens is 286 g/mol. The van der Waals surface area contributed by atoms with Crippen LogP contribution in [0.1, 0.15) is 33.8 Å². The molecule has 2 aromatic rings. The zero-order valence-corrected chi connectivity index (χ0v) is 12.9. The lowest BCUT2D eigenvalue weighted by Crippen LogP contribution is -2.29. The molecule has 0 N–H and O–H groups in total. The van der Waals surface area contributed by atoms with Gasteiger partial charge in [-0.3, -0.25) is 4.79 Å². The van der Waals surface area contributed by atoms with E-state index >= 15 is 0 Å². The molecule has 1 aliphatic rings. The Morgan fingerprint density at radius 2 is 2.27 bits per heavy atom. The van der Waals surface area contributed by atoms with Crippen molar-refractivity contribution in [3.8, 4) is 0 Å². The van der Waals surface area contributed by atoms with Crippen molar-refractivity contribution in [1.82, 2.24) is 15.0 Å². The molecule has 1 aliphatic heterocycles. The number of aromatic nitrogens is 2. The largest absolute Gasteiger partial charge is 0.459 e. The topological polar surface area (TPSA) is 81.6 Å². The predicted octanol–water partition coefficient (Wildman–Crippen LogP) is 1.78. The molecule has 1 fully saturated rings. The van der Waals surface area contributed by atoms with Crippen molar-refractivity contribution in [2.24, 2.45) is 5.92 Å². The summed E-state index contributed by atoms with van der Waals surface area (Å²) in [5.41, 5.74) is 0.838.